The normalized spacial score (nSPS) is 17.6. The predicted octanol–water partition coefficient (Wildman–Crippen LogP) is 7.15. The third kappa shape index (κ3) is 8.17. The molecule has 2 aromatic heterocycles. The summed E-state index contributed by atoms with van der Waals surface area (Å²) in [5.74, 6) is 0.558. The molecular weight excluding hydrogens is 639 g/mol. The fourth-order valence-corrected chi connectivity index (χ4v) is 7.09. The van der Waals surface area contributed by atoms with Gasteiger partial charge in [0, 0.05) is 5.39 Å². The van der Waals surface area contributed by atoms with Crippen molar-refractivity contribution in [1.29, 1.82) is 0 Å². The zero-order valence-electron chi connectivity index (χ0n) is 26.1. The molecule has 47 heavy (non-hydrogen) atoms. The number of hydrogen-bond acceptors (Lipinski definition) is 10. The molecule has 3 unspecified atom stereocenters. The molecule has 4 atom stereocenters. The van der Waals surface area contributed by atoms with E-state index in [-0.39, 0.29) is 29.8 Å². The molecule has 0 spiro atoms. The largest absolute Gasteiger partial charge is 0.465 e. The number of nitrogen functional groups attached to an aromatic ring is 1. The van der Waals surface area contributed by atoms with Crippen LogP contribution >= 0.6 is 20.1 Å². The van der Waals surface area contributed by atoms with E-state index < -0.39 is 20.8 Å². The van der Waals surface area contributed by atoms with Gasteiger partial charge in [-0.1, -0.05) is 86.5 Å². The van der Waals surface area contributed by atoms with Gasteiger partial charge in [0.05, 0.1) is 19.3 Å². The average Bonchev–Trinajstić information content (AvgIpc) is 3.69. The van der Waals surface area contributed by atoms with Crippen LogP contribution in [0.3, 0.4) is 0 Å². The molecule has 0 bridgehead atoms. The highest BCUT2D eigenvalue weighted by Crippen LogP contribution is 2.42. The highest BCUT2D eigenvalue weighted by atomic mass is 35.5. The van der Waals surface area contributed by atoms with Gasteiger partial charge in [-0.2, -0.15) is 0 Å². The maximum absolute atomic E-state index is 13.5. The van der Waals surface area contributed by atoms with Crippen molar-refractivity contribution in [3.63, 3.8) is 0 Å². The number of unbranched alkanes of at least 4 members (excludes halogenated alkanes) is 2. The molecule has 1 aliphatic rings. The lowest BCUT2D eigenvalue weighted by atomic mass is 10.1. The zero-order chi connectivity index (χ0) is 32.6. The number of nitrogens with two attached hydrogens (primary N) is 1. The van der Waals surface area contributed by atoms with Crippen molar-refractivity contribution in [2.24, 2.45) is 0 Å². The first-order valence-electron chi connectivity index (χ1n) is 15.8. The number of anilines is 1. The first kappa shape index (κ1) is 33.1. The summed E-state index contributed by atoms with van der Waals surface area (Å²) in [6, 6.07) is 23.0. The van der Waals surface area contributed by atoms with Gasteiger partial charge in [-0.25, -0.2) is 20.0 Å². The number of carbonyl (C=O) groups is 1. The Bertz CT molecular complexity index is 1790. The number of nitrogens with zero attached hydrogens (tertiary/aromatic N) is 4. The number of nitrogens with one attached hydrogen (secondary N) is 1. The fourth-order valence-electron chi connectivity index (χ4n) is 5.54. The molecule has 0 amide bonds. The van der Waals surface area contributed by atoms with Gasteiger partial charge in [0.15, 0.2) is 17.0 Å². The van der Waals surface area contributed by atoms with Crippen LogP contribution in [0.4, 0.5) is 5.82 Å². The maximum atomic E-state index is 13.5. The minimum Gasteiger partial charge on any atom is -0.465 e. The molecule has 3 N–H and O–H groups in total. The van der Waals surface area contributed by atoms with Gasteiger partial charge in [-0.3, -0.25) is 9.36 Å². The van der Waals surface area contributed by atoms with Crippen molar-refractivity contribution in [1.82, 2.24) is 24.6 Å². The van der Waals surface area contributed by atoms with E-state index >= 15 is 0 Å². The van der Waals surface area contributed by atoms with Crippen molar-refractivity contribution < 1.29 is 23.3 Å². The number of hydrogen-bond donors (Lipinski definition) is 2. The lowest BCUT2D eigenvalue weighted by Crippen LogP contribution is -2.38. The van der Waals surface area contributed by atoms with E-state index in [1.165, 1.54) is 6.33 Å². The summed E-state index contributed by atoms with van der Waals surface area (Å²) < 4.78 is 26.8. The van der Waals surface area contributed by atoms with Gasteiger partial charge in [0.1, 0.15) is 24.3 Å². The van der Waals surface area contributed by atoms with Crippen LogP contribution in [-0.2, 0) is 25.2 Å². The van der Waals surface area contributed by atoms with E-state index in [1.807, 2.05) is 72.8 Å². The number of ether oxygens (including phenoxy) is 2. The number of halogens is 1. The number of benzene rings is 3. The molecule has 13 heteroatoms. The SMILES string of the molecule is CCCCCOC(=O)C(Cc1ccccc1)NP(OCC1CC[C@H](n2c(Cl)nc3c(N)ncnc32)O1)Oc1cccc2ccccc12. The first-order valence-corrected chi connectivity index (χ1v) is 17.4. The molecule has 246 valence electrons. The Balaban J connectivity index is 1.20. The van der Waals surface area contributed by atoms with Gasteiger partial charge in [0.25, 0.3) is 0 Å². The van der Waals surface area contributed by atoms with E-state index in [9.17, 15) is 4.79 Å². The zero-order valence-corrected chi connectivity index (χ0v) is 27.8. The molecule has 0 aliphatic carbocycles. The summed E-state index contributed by atoms with van der Waals surface area (Å²) >= 11 is 6.49. The summed E-state index contributed by atoms with van der Waals surface area (Å²) in [5.41, 5.74) is 7.93. The second-order valence-electron chi connectivity index (χ2n) is 11.3. The Kier molecular flexibility index (Phi) is 11.1. The summed E-state index contributed by atoms with van der Waals surface area (Å²) in [7, 11) is -1.83. The Morgan fingerprint density at radius 1 is 1.09 bits per heavy atom. The van der Waals surface area contributed by atoms with Crippen LogP contribution in [-0.4, -0.2) is 50.8 Å². The van der Waals surface area contributed by atoms with E-state index in [1.54, 1.807) is 4.57 Å². The number of rotatable bonds is 15. The molecule has 1 aliphatic heterocycles. The Labute approximate surface area is 279 Å². The second kappa shape index (κ2) is 15.8. The van der Waals surface area contributed by atoms with Crippen LogP contribution in [0, 0.1) is 0 Å². The Morgan fingerprint density at radius 3 is 2.74 bits per heavy atom. The van der Waals surface area contributed by atoms with Crippen LogP contribution in [0.1, 0.15) is 50.8 Å². The number of fused-ring (bicyclic) bond motifs is 2. The molecular formula is C34H38ClN6O5P. The van der Waals surface area contributed by atoms with E-state index in [4.69, 9.17) is 35.9 Å². The monoisotopic (exact) mass is 676 g/mol. The molecule has 6 rings (SSSR count). The number of esters is 1. The lowest BCUT2D eigenvalue weighted by Gasteiger charge is -2.25. The molecule has 0 saturated carbocycles. The molecule has 3 aromatic carbocycles. The third-order valence-electron chi connectivity index (χ3n) is 7.96. The summed E-state index contributed by atoms with van der Waals surface area (Å²) in [5, 5.41) is 5.58. The number of imidazole rings is 1. The van der Waals surface area contributed by atoms with Crippen molar-refractivity contribution in [3.05, 3.63) is 90.0 Å². The summed E-state index contributed by atoms with van der Waals surface area (Å²) in [4.78, 5) is 26.1. The smallest absolute Gasteiger partial charge is 0.323 e. The van der Waals surface area contributed by atoms with Gasteiger partial charge in [-0.05, 0) is 54.3 Å². The minimum absolute atomic E-state index is 0.213. The van der Waals surface area contributed by atoms with E-state index in [2.05, 4.69) is 27.0 Å². The predicted molar refractivity (Wildman–Crippen MR) is 183 cm³/mol. The van der Waals surface area contributed by atoms with E-state index in [0.717, 1.165) is 35.6 Å². The molecule has 0 radical (unpaired) electrons. The molecule has 1 fully saturated rings. The second-order valence-corrected chi connectivity index (χ2v) is 12.9. The number of aromatic nitrogens is 4. The van der Waals surface area contributed by atoms with Crippen LogP contribution in [0.15, 0.2) is 79.1 Å². The lowest BCUT2D eigenvalue weighted by molar-refractivity contribution is -0.145. The van der Waals surface area contributed by atoms with Crippen molar-refractivity contribution >= 4 is 53.9 Å². The molecule has 3 heterocycles. The molecule has 1 saturated heterocycles. The minimum atomic E-state index is -1.83. The topological polar surface area (TPSA) is 136 Å². The Morgan fingerprint density at radius 2 is 1.89 bits per heavy atom. The standard InChI is InChI=1S/C34H38ClN6O5P/c1-2-3-9-19-43-33(42)27(20-23-11-5-4-6-12-23)40-47(46-28-16-10-14-24-13-7-8-15-26(24)28)44-21-25-17-18-29(45-25)41-32-30(39-34(41)35)31(36)37-22-38-32/h4-8,10-16,22,25,27,29,40H,2-3,9,17-21H2,1H3,(H2,36,37,38)/t25?,27?,29-,47?/m1/s1. The van der Waals surface area contributed by atoms with E-state index in [0.29, 0.717) is 42.8 Å². The van der Waals surface area contributed by atoms with Crippen molar-refractivity contribution in [3.8, 4) is 5.75 Å². The quantitative estimate of drug-likeness (QED) is 0.0509. The average molecular weight is 677 g/mol. The van der Waals surface area contributed by atoms with Gasteiger partial charge >= 0.3 is 14.5 Å². The highest BCUT2D eigenvalue weighted by molar-refractivity contribution is 7.45. The van der Waals surface area contributed by atoms with Crippen LogP contribution in [0.5, 0.6) is 5.75 Å². The molecule has 5 aromatic rings. The van der Waals surface area contributed by atoms with Crippen LogP contribution < -0.4 is 15.3 Å². The van der Waals surface area contributed by atoms with Crippen molar-refractivity contribution in [2.45, 2.75) is 63.8 Å². The highest BCUT2D eigenvalue weighted by Gasteiger charge is 2.33. The van der Waals surface area contributed by atoms with Crippen LogP contribution in [0.2, 0.25) is 5.28 Å². The van der Waals surface area contributed by atoms with Crippen molar-refractivity contribution in [2.75, 3.05) is 18.9 Å². The van der Waals surface area contributed by atoms with Gasteiger partial charge < -0.3 is 24.3 Å². The van der Waals surface area contributed by atoms with Gasteiger partial charge in [-0.15, -0.1) is 0 Å². The summed E-state index contributed by atoms with van der Waals surface area (Å²) in [6.45, 7) is 2.69. The molecule has 11 nitrogen and oxygen atoms in total. The fraction of sp³-hybridized carbons (Fsp3) is 0.353. The third-order valence-corrected chi connectivity index (χ3v) is 9.50. The number of carbonyl (C=O) groups excluding carboxylic acids is 1. The maximum Gasteiger partial charge on any atom is 0.323 e. The van der Waals surface area contributed by atoms with Crippen LogP contribution in [0.25, 0.3) is 21.9 Å². The summed E-state index contributed by atoms with van der Waals surface area (Å²) in [6.07, 6.45) is 5.32. The van der Waals surface area contributed by atoms with Gasteiger partial charge in [0.2, 0.25) is 5.28 Å². The first-order chi connectivity index (χ1) is 23.0. The Hall–Kier alpha value is -3.86.